The van der Waals surface area contributed by atoms with Crippen LogP contribution in [0.4, 0.5) is 0 Å². The summed E-state index contributed by atoms with van der Waals surface area (Å²) in [5.41, 5.74) is 1.29. The Hall–Kier alpha value is -0.280. The molecule has 0 spiro atoms. The second kappa shape index (κ2) is 6.01. The summed E-state index contributed by atoms with van der Waals surface area (Å²) >= 11 is 12.2. The first kappa shape index (κ1) is 15.1. The Balaban J connectivity index is 2.15. The molecular formula is C15H22Cl2N2. The summed E-state index contributed by atoms with van der Waals surface area (Å²) in [7, 11) is 0. The van der Waals surface area contributed by atoms with Gasteiger partial charge in [-0.05, 0) is 51.4 Å². The Labute approximate surface area is 126 Å². The number of rotatable bonds is 2. The molecule has 0 saturated carbocycles. The molecule has 0 aliphatic carbocycles. The highest BCUT2D eigenvalue weighted by molar-refractivity contribution is 6.35. The van der Waals surface area contributed by atoms with Gasteiger partial charge >= 0.3 is 0 Å². The average Bonchev–Trinajstić information content (AvgIpc) is 2.42. The van der Waals surface area contributed by atoms with Crippen LogP contribution in [0.2, 0.25) is 10.0 Å². The summed E-state index contributed by atoms with van der Waals surface area (Å²) < 4.78 is 0. The van der Waals surface area contributed by atoms with Crippen LogP contribution in [0.5, 0.6) is 0 Å². The third-order valence-electron chi connectivity index (χ3n) is 3.78. The van der Waals surface area contributed by atoms with Crippen LogP contribution in [0.3, 0.4) is 0 Å². The first-order chi connectivity index (χ1) is 8.87. The van der Waals surface area contributed by atoms with E-state index in [2.05, 4.69) is 31.0 Å². The molecule has 1 unspecified atom stereocenters. The molecule has 0 amide bonds. The van der Waals surface area contributed by atoms with Crippen LogP contribution in [0.1, 0.15) is 32.8 Å². The van der Waals surface area contributed by atoms with Crippen molar-refractivity contribution in [1.29, 1.82) is 0 Å². The van der Waals surface area contributed by atoms with Crippen molar-refractivity contribution in [3.05, 3.63) is 33.8 Å². The molecule has 4 heteroatoms. The minimum Gasteiger partial charge on any atom is -0.310 e. The molecule has 1 aromatic carbocycles. The molecule has 19 heavy (non-hydrogen) atoms. The van der Waals surface area contributed by atoms with E-state index >= 15 is 0 Å². The van der Waals surface area contributed by atoms with E-state index in [1.165, 1.54) is 0 Å². The highest BCUT2D eigenvalue weighted by Gasteiger charge is 2.28. The molecule has 2 nitrogen and oxygen atoms in total. The van der Waals surface area contributed by atoms with Gasteiger partial charge in [0.2, 0.25) is 0 Å². The molecule has 1 aliphatic heterocycles. The van der Waals surface area contributed by atoms with E-state index < -0.39 is 0 Å². The summed E-state index contributed by atoms with van der Waals surface area (Å²) in [6, 6.07) is 6.32. The molecule has 106 valence electrons. The topological polar surface area (TPSA) is 15.3 Å². The molecule has 0 bridgehead atoms. The van der Waals surface area contributed by atoms with Crippen molar-refractivity contribution in [3.8, 4) is 0 Å². The summed E-state index contributed by atoms with van der Waals surface area (Å²) in [6.45, 7) is 9.75. The molecule has 1 heterocycles. The van der Waals surface area contributed by atoms with E-state index in [4.69, 9.17) is 23.2 Å². The molecule has 1 atom stereocenters. The predicted octanol–water partition coefficient (Wildman–Crippen LogP) is 3.96. The Morgan fingerprint density at radius 1 is 1.37 bits per heavy atom. The van der Waals surface area contributed by atoms with Gasteiger partial charge in [-0.2, -0.15) is 0 Å². The molecule has 1 saturated heterocycles. The van der Waals surface area contributed by atoms with Crippen LogP contribution in [0.15, 0.2) is 18.2 Å². The van der Waals surface area contributed by atoms with Crippen molar-refractivity contribution in [3.63, 3.8) is 0 Å². The highest BCUT2D eigenvalue weighted by Crippen LogP contribution is 2.25. The lowest BCUT2D eigenvalue weighted by molar-refractivity contribution is 0.173. The van der Waals surface area contributed by atoms with Crippen LogP contribution < -0.4 is 5.32 Å². The van der Waals surface area contributed by atoms with E-state index in [1.54, 1.807) is 0 Å². The van der Waals surface area contributed by atoms with Gasteiger partial charge in [-0.25, -0.2) is 0 Å². The third-order valence-corrected chi connectivity index (χ3v) is 4.36. The van der Waals surface area contributed by atoms with Gasteiger partial charge in [0.25, 0.3) is 0 Å². The van der Waals surface area contributed by atoms with Crippen molar-refractivity contribution < 1.29 is 0 Å². The first-order valence-corrected chi connectivity index (χ1v) is 7.56. The lowest BCUT2D eigenvalue weighted by Gasteiger charge is -2.33. The largest absolute Gasteiger partial charge is 0.310 e. The van der Waals surface area contributed by atoms with Crippen molar-refractivity contribution >= 4 is 23.2 Å². The number of hydrogen-bond acceptors (Lipinski definition) is 2. The standard InChI is InChI=1S/C15H22Cl2N2/c1-11-6-7-18-15(2,3)10-19(11)9-12-4-5-13(16)8-14(12)17/h4-5,8,11,18H,6-7,9-10H2,1-3H3. The normalized spacial score (nSPS) is 24.2. The van der Waals surface area contributed by atoms with Gasteiger partial charge in [0, 0.05) is 34.7 Å². The van der Waals surface area contributed by atoms with E-state index in [1.807, 2.05) is 18.2 Å². The molecule has 0 radical (unpaired) electrons. The Morgan fingerprint density at radius 3 is 2.79 bits per heavy atom. The monoisotopic (exact) mass is 300 g/mol. The fraction of sp³-hybridized carbons (Fsp3) is 0.600. The number of benzene rings is 1. The van der Waals surface area contributed by atoms with Gasteiger partial charge in [0.1, 0.15) is 0 Å². The lowest BCUT2D eigenvalue weighted by Crippen LogP contribution is -2.47. The van der Waals surface area contributed by atoms with Crippen molar-refractivity contribution in [2.45, 2.75) is 45.3 Å². The van der Waals surface area contributed by atoms with Crippen LogP contribution in [-0.2, 0) is 6.54 Å². The quantitative estimate of drug-likeness (QED) is 0.889. The van der Waals surface area contributed by atoms with Gasteiger partial charge in [0.15, 0.2) is 0 Å². The highest BCUT2D eigenvalue weighted by atomic mass is 35.5. The Morgan fingerprint density at radius 2 is 2.11 bits per heavy atom. The smallest absolute Gasteiger partial charge is 0.0465 e. The molecule has 0 aromatic heterocycles. The zero-order valence-corrected chi connectivity index (χ0v) is 13.4. The SMILES string of the molecule is CC1CCNC(C)(C)CN1Cc1ccc(Cl)cc1Cl. The zero-order chi connectivity index (χ0) is 14.0. The number of nitrogens with zero attached hydrogens (tertiary/aromatic N) is 1. The molecule has 2 rings (SSSR count). The fourth-order valence-corrected chi connectivity index (χ4v) is 3.07. The van der Waals surface area contributed by atoms with Crippen molar-refractivity contribution in [2.24, 2.45) is 0 Å². The molecule has 1 aromatic rings. The predicted molar refractivity (Wildman–Crippen MR) is 83.0 cm³/mol. The summed E-state index contributed by atoms with van der Waals surface area (Å²) in [5, 5.41) is 5.05. The average molecular weight is 301 g/mol. The second-order valence-corrected chi connectivity index (χ2v) is 6.93. The second-order valence-electron chi connectivity index (χ2n) is 6.09. The van der Waals surface area contributed by atoms with E-state index in [9.17, 15) is 0 Å². The molecule has 1 fully saturated rings. The number of halogens is 2. The zero-order valence-electron chi connectivity index (χ0n) is 11.8. The first-order valence-electron chi connectivity index (χ1n) is 6.80. The van der Waals surface area contributed by atoms with Crippen molar-refractivity contribution in [2.75, 3.05) is 13.1 Å². The van der Waals surface area contributed by atoms with Crippen LogP contribution in [-0.4, -0.2) is 29.6 Å². The maximum Gasteiger partial charge on any atom is 0.0465 e. The molecule has 1 N–H and O–H groups in total. The van der Waals surface area contributed by atoms with Crippen LogP contribution in [0.25, 0.3) is 0 Å². The number of nitrogens with one attached hydrogen (secondary N) is 1. The lowest BCUT2D eigenvalue weighted by atomic mass is 10.0. The Bertz CT molecular complexity index is 446. The van der Waals surface area contributed by atoms with E-state index in [0.29, 0.717) is 11.1 Å². The van der Waals surface area contributed by atoms with Crippen LogP contribution in [0, 0.1) is 0 Å². The maximum atomic E-state index is 6.28. The fourth-order valence-electron chi connectivity index (χ4n) is 2.60. The minimum atomic E-state index is 0.143. The van der Waals surface area contributed by atoms with Gasteiger partial charge in [-0.3, -0.25) is 4.90 Å². The van der Waals surface area contributed by atoms with Crippen molar-refractivity contribution in [1.82, 2.24) is 10.2 Å². The van der Waals surface area contributed by atoms with E-state index in [-0.39, 0.29) is 5.54 Å². The van der Waals surface area contributed by atoms with Gasteiger partial charge in [0.05, 0.1) is 0 Å². The summed E-state index contributed by atoms with van der Waals surface area (Å²) in [5.74, 6) is 0. The summed E-state index contributed by atoms with van der Waals surface area (Å²) in [6.07, 6.45) is 1.16. The van der Waals surface area contributed by atoms with Gasteiger partial charge < -0.3 is 5.32 Å². The number of hydrogen-bond donors (Lipinski definition) is 1. The van der Waals surface area contributed by atoms with E-state index in [0.717, 1.165) is 36.6 Å². The molecular weight excluding hydrogens is 279 g/mol. The third kappa shape index (κ3) is 4.09. The maximum absolute atomic E-state index is 6.28. The van der Waals surface area contributed by atoms with Crippen LogP contribution >= 0.6 is 23.2 Å². The Kier molecular flexibility index (Phi) is 4.78. The molecule has 1 aliphatic rings. The van der Waals surface area contributed by atoms with Gasteiger partial charge in [-0.15, -0.1) is 0 Å². The minimum absolute atomic E-state index is 0.143. The summed E-state index contributed by atoms with van der Waals surface area (Å²) in [4.78, 5) is 2.50. The van der Waals surface area contributed by atoms with Gasteiger partial charge in [-0.1, -0.05) is 29.3 Å².